The largest absolute Gasteiger partial charge is 0.322 e. The second-order valence-corrected chi connectivity index (χ2v) is 6.03. The van der Waals surface area contributed by atoms with Gasteiger partial charge in [-0.25, -0.2) is 13.2 Å². The lowest BCUT2D eigenvalue weighted by atomic mass is 9.92. The van der Waals surface area contributed by atoms with Crippen molar-refractivity contribution in [3.05, 3.63) is 29.8 Å². The third-order valence-corrected chi connectivity index (χ3v) is 4.87. The Bertz CT molecular complexity index is 652. The highest BCUT2D eigenvalue weighted by Gasteiger charge is 2.57. The van der Waals surface area contributed by atoms with Gasteiger partial charge in [0.15, 0.2) is 15.4 Å². The predicted octanol–water partition coefficient (Wildman–Crippen LogP) is -0.491. The Balaban J connectivity index is 2.31. The number of rotatable bonds is 0. The Labute approximate surface area is 96.9 Å². The molecule has 2 N–H and O–H groups in total. The quantitative estimate of drug-likeness (QED) is 0.609. The Hall–Kier alpha value is -1.89. The number of fused-ring (bicyclic) bond motifs is 2. The Morgan fingerprint density at radius 2 is 1.88 bits per heavy atom. The smallest absolute Gasteiger partial charge is 0.318 e. The number of carbonyl (C=O) groups excluding carboxylic acids is 2. The van der Waals surface area contributed by atoms with E-state index in [0.29, 0.717) is 5.56 Å². The van der Waals surface area contributed by atoms with Gasteiger partial charge in [0.25, 0.3) is 5.91 Å². The number of amides is 3. The van der Waals surface area contributed by atoms with Crippen LogP contribution in [0.3, 0.4) is 0 Å². The third kappa shape index (κ3) is 1.17. The predicted molar refractivity (Wildman–Crippen MR) is 56.8 cm³/mol. The summed E-state index contributed by atoms with van der Waals surface area (Å²) < 4.78 is 23.9. The number of imide groups is 1. The van der Waals surface area contributed by atoms with Crippen molar-refractivity contribution in [1.82, 2.24) is 10.6 Å². The van der Waals surface area contributed by atoms with Crippen molar-refractivity contribution >= 4 is 21.8 Å². The van der Waals surface area contributed by atoms with Gasteiger partial charge in [-0.1, -0.05) is 18.2 Å². The number of sulfone groups is 1. The molecular weight excluding hydrogens is 244 g/mol. The van der Waals surface area contributed by atoms with E-state index < -0.39 is 33.1 Å². The monoisotopic (exact) mass is 252 g/mol. The van der Waals surface area contributed by atoms with E-state index in [1.54, 1.807) is 18.2 Å². The van der Waals surface area contributed by atoms with Crippen LogP contribution in [0.5, 0.6) is 0 Å². The lowest BCUT2D eigenvalue weighted by molar-refractivity contribution is -0.123. The molecule has 0 aromatic heterocycles. The highest BCUT2D eigenvalue weighted by atomic mass is 32.2. The molecule has 3 amide bonds. The summed E-state index contributed by atoms with van der Waals surface area (Å²) in [4.78, 5) is 23.1. The van der Waals surface area contributed by atoms with Crippen LogP contribution in [-0.2, 0) is 20.2 Å². The van der Waals surface area contributed by atoms with Gasteiger partial charge in [-0.05, 0) is 6.07 Å². The molecule has 1 unspecified atom stereocenters. The zero-order chi connectivity index (χ0) is 12.3. The Morgan fingerprint density at radius 1 is 1.18 bits per heavy atom. The number of nitrogens with one attached hydrogen (secondary N) is 2. The molecule has 1 fully saturated rings. The first-order valence-corrected chi connectivity index (χ1v) is 6.57. The van der Waals surface area contributed by atoms with E-state index in [4.69, 9.17) is 0 Å². The summed E-state index contributed by atoms with van der Waals surface area (Å²) in [6.07, 6.45) is 0. The van der Waals surface area contributed by atoms with E-state index in [2.05, 4.69) is 10.6 Å². The van der Waals surface area contributed by atoms with Gasteiger partial charge in [-0.15, -0.1) is 0 Å². The number of carbonyl (C=O) groups is 2. The van der Waals surface area contributed by atoms with Gasteiger partial charge in [0.1, 0.15) is 0 Å². The number of benzene rings is 1. The molecule has 1 aromatic rings. The van der Waals surface area contributed by atoms with Crippen molar-refractivity contribution in [1.29, 1.82) is 0 Å². The molecule has 1 aromatic carbocycles. The average molecular weight is 252 g/mol. The third-order valence-electron chi connectivity index (χ3n) is 3.03. The second-order valence-electron chi connectivity index (χ2n) is 4.07. The first-order valence-electron chi connectivity index (χ1n) is 4.92. The van der Waals surface area contributed by atoms with Crippen molar-refractivity contribution in [3.63, 3.8) is 0 Å². The first-order chi connectivity index (χ1) is 7.96. The summed E-state index contributed by atoms with van der Waals surface area (Å²) in [6, 6.07) is 5.55. The van der Waals surface area contributed by atoms with Crippen molar-refractivity contribution in [2.24, 2.45) is 0 Å². The van der Waals surface area contributed by atoms with Crippen LogP contribution in [0.15, 0.2) is 29.2 Å². The van der Waals surface area contributed by atoms with Crippen LogP contribution in [0.25, 0.3) is 0 Å². The van der Waals surface area contributed by atoms with Crippen LogP contribution in [0.2, 0.25) is 0 Å². The normalized spacial score (nSPS) is 28.9. The fourth-order valence-corrected chi connectivity index (χ4v) is 4.26. The van der Waals surface area contributed by atoms with E-state index in [-0.39, 0.29) is 4.90 Å². The topological polar surface area (TPSA) is 92.3 Å². The molecule has 1 atom stereocenters. The van der Waals surface area contributed by atoms with E-state index >= 15 is 0 Å². The lowest BCUT2D eigenvalue weighted by Crippen LogP contribution is -2.45. The van der Waals surface area contributed by atoms with Crippen molar-refractivity contribution in [2.45, 2.75) is 10.4 Å². The van der Waals surface area contributed by atoms with Crippen LogP contribution in [0.4, 0.5) is 4.79 Å². The summed E-state index contributed by atoms with van der Waals surface area (Å²) in [5.41, 5.74) is -1.12. The molecule has 2 heterocycles. The minimum atomic E-state index is -3.53. The number of hydrogen-bond donors (Lipinski definition) is 2. The van der Waals surface area contributed by atoms with Gasteiger partial charge >= 0.3 is 6.03 Å². The molecule has 17 heavy (non-hydrogen) atoms. The van der Waals surface area contributed by atoms with Crippen LogP contribution in [0.1, 0.15) is 5.56 Å². The lowest BCUT2D eigenvalue weighted by Gasteiger charge is -2.18. The van der Waals surface area contributed by atoms with Gasteiger partial charge in [0, 0.05) is 5.56 Å². The number of urea groups is 1. The van der Waals surface area contributed by atoms with Gasteiger partial charge in [0.2, 0.25) is 0 Å². The van der Waals surface area contributed by atoms with Crippen LogP contribution < -0.4 is 10.6 Å². The maximum atomic E-state index is 11.9. The fraction of sp³-hybridized carbons (Fsp3) is 0.200. The standard InChI is InChI=1S/C10H8N2O4S/c13-8-10(12-9(14)11-8)5-17(15,16)7-4-2-1-3-6(7)10/h1-4H,5H2,(H2,11,12,13,14). The van der Waals surface area contributed by atoms with Crippen LogP contribution in [0, 0.1) is 0 Å². The maximum Gasteiger partial charge on any atom is 0.322 e. The SMILES string of the molecule is O=C1NC(=O)C2(CS(=O)(=O)c3ccccc32)N1. The summed E-state index contributed by atoms with van der Waals surface area (Å²) in [5.74, 6) is -1.03. The average Bonchev–Trinajstić information content (AvgIpc) is 2.65. The van der Waals surface area contributed by atoms with Crippen LogP contribution in [-0.4, -0.2) is 26.1 Å². The highest BCUT2D eigenvalue weighted by Crippen LogP contribution is 2.39. The Morgan fingerprint density at radius 3 is 2.53 bits per heavy atom. The summed E-state index contributed by atoms with van der Waals surface area (Å²) in [7, 11) is -3.53. The molecule has 0 aliphatic carbocycles. The molecule has 2 aliphatic heterocycles. The molecule has 7 heteroatoms. The number of hydrogen-bond acceptors (Lipinski definition) is 4. The van der Waals surface area contributed by atoms with E-state index in [1.807, 2.05) is 0 Å². The van der Waals surface area contributed by atoms with Gasteiger partial charge in [0.05, 0.1) is 10.6 Å². The minimum Gasteiger partial charge on any atom is -0.318 e. The van der Waals surface area contributed by atoms with Crippen molar-refractivity contribution < 1.29 is 18.0 Å². The maximum absolute atomic E-state index is 11.9. The van der Waals surface area contributed by atoms with Gasteiger partial charge in [-0.2, -0.15) is 0 Å². The molecule has 3 rings (SSSR count). The zero-order valence-electron chi connectivity index (χ0n) is 8.56. The molecule has 0 radical (unpaired) electrons. The van der Waals surface area contributed by atoms with E-state index in [0.717, 1.165) is 0 Å². The minimum absolute atomic E-state index is 0.109. The molecule has 88 valence electrons. The van der Waals surface area contributed by atoms with Gasteiger partial charge in [-0.3, -0.25) is 10.1 Å². The van der Waals surface area contributed by atoms with E-state index in [1.165, 1.54) is 6.07 Å². The molecule has 1 saturated heterocycles. The van der Waals surface area contributed by atoms with Crippen LogP contribution >= 0.6 is 0 Å². The molecule has 2 aliphatic rings. The van der Waals surface area contributed by atoms with Crippen molar-refractivity contribution in [2.75, 3.05) is 5.75 Å². The molecule has 0 bridgehead atoms. The molecule has 0 saturated carbocycles. The summed E-state index contributed by atoms with van der Waals surface area (Å²) in [5, 5.41) is 4.49. The Kier molecular flexibility index (Phi) is 1.73. The molecule has 1 spiro atoms. The van der Waals surface area contributed by atoms with E-state index in [9.17, 15) is 18.0 Å². The zero-order valence-corrected chi connectivity index (χ0v) is 9.37. The molecule has 6 nitrogen and oxygen atoms in total. The van der Waals surface area contributed by atoms with Gasteiger partial charge < -0.3 is 5.32 Å². The summed E-state index contributed by atoms with van der Waals surface area (Å²) in [6.45, 7) is 0. The highest BCUT2D eigenvalue weighted by molar-refractivity contribution is 7.91. The first kappa shape index (κ1) is 10.3. The fourth-order valence-electron chi connectivity index (χ4n) is 2.31. The second kappa shape index (κ2) is 2.86. The molecular formula is C10H8N2O4S. The van der Waals surface area contributed by atoms with Crippen molar-refractivity contribution in [3.8, 4) is 0 Å². The summed E-state index contributed by atoms with van der Waals surface area (Å²) >= 11 is 0.